The summed E-state index contributed by atoms with van der Waals surface area (Å²) in [4.78, 5) is 12.4. The number of amides is 1. The molecule has 0 aliphatic rings. The number of rotatable bonds is 11. The normalized spacial score (nSPS) is 10.3. The largest absolute Gasteiger partial charge is 0.497 e. The van der Waals surface area contributed by atoms with Crippen molar-refractivity contribution in [2.24, 2.45) is 0 Å². The number of benzene rings is 3. The van der Waals surface area contributed by atoms with Gasteiger partial charge in [0.25, 0.3) is 0 Å². The molecule has 1 amide bonds. The zero-order valence-corrected chi connectivity index (χ0v) is 17.9. The van der Waals surface area contributed by atoms with E-state index in [4.69, 9.17) is 14.2 Å². The Morgan fingerprint density at radius 3 is 2.48 bits per heavy atom. The lowest BCUT2D eigenvalue weighted by Crippen LogP contribution is -2.22. The minimum atomic E-state index is -0.175. The Morgan fingerprint density at radius 1 is 0.871 bits per heavy atom. The summed E-state index contributed by atoms with van der Waals surface area (Å²) < 4.78 is 16.4. The van der Waals surface area contributed by atoms with Gasteiger partial charge in [0.1, 0.15) is 17.2 Å². The van der Waals surface area contributed by atoms with E-state index in [2.05, 4.69) is 22.8 Å². The molecule has 31 heavy (non-hydrogen) atoms. The number of ether oxygens (including phenoxy) is 3. The van der Waals surface area contributed by atoms with E-state index in [1.165, 1.54) is 5.56 Å². The maximum Gasteiger partial charge on any atom is 0.243 e. The van der Waals surface area contributed by atoms with E-state index in [-0.39, 0.29) is 12.5 Å². The van der Waals surface area contributed by atoms with Gasteiger partial charge >= 0.3 is 0 Å². The molecular formula is C25H28N2O4. The lowest BCUT2D eigenvalue weighted by atomic mass is 10.1. The highest BCUT2D eigenvalue weighted by molar-refractivity contribution is 5.94. The van der Waals surface area contributed by atoms with Crippen LogP contribution in [0, 0.1) is 0 Å². The predicted octanol–water partition coefficient (Wildman–Crippen LogP) is 4.77. The molecule has 0 atom stereocenters. The Kier molecular flexibility index (Phi) is 8.17. The Labute approximate surface area is 183 Å². The fourth-order valence-electron chi connectivity index (χ4n) is 3.11. The average molecular weight is 421 g/mol. The molecule has 0 unspecified atom stereocenters. The van der Waals surface area contributed by atoms with E-state index in [1.54, 1.807) is 32.4 Å². The Hall–Kier alpha value is -3.67. The molecule has 0 saturated heterocycles. The Morgan fingerprint density at radius 2 is 1.71 bits per heavy atom. The van der Waals surface area contributed by atoms with Crippen LogP contribution in [0.25, 0.3) is 0 Å². The summed E-state index contributed by atoms with van der Waals surface area (Å²) in [5.74, 6) is 1.87. The zero-order chi connectivity index (χ0) is 21.9. The van der Waals surface area contributed by atoms with Crippen LogP contribution in [-0.4, -0.2) is 33.3 Å². The van der Waals surface area contributed by atoms with E-state index in [1.807, 2.05) is 42.5 Å². The quantitative estimate of drug-likeness (QED) is 0.438. The molecule has 0 bridgehead atoms. The standard InChI is InChI=1S/C25H28N2O4/c1-29-21-13-14-24(30-2)23(17-21)26-18-25(28)27-20-11-6-12-22(16-20)31-15-7-10-19-8-4-3-5-9-19/h3-6,8-9,11-14,16-17,26H,7,10,15,18H2,1-2H3,(H,27,28). The average Bonchev–Trinajstić information content (AvgIpc) is 2.81. The number of aryl methyl sites for hydroxylation is 1. The summed E-state index contributed by atoms with van der Waals surface area (Å²) in [5, 5.41) is 5.96. The number of anilines is 2. The van der Waals surface area contributed by atoms with Crippen molar-refractivity contribution in [3.63, 3.8) is 0 Å². The smallest absolute Gasteiger partial charge is 0.243 e. The van der Waals surface area contributed by atoms with Gasteiger partial charge in [0, 0.05) is 17.8 Å². The fourth-order valence-corrected chi connectivity index (χ4v) is 3.11. The first-order valence-electron chi connectivity index (χ1n) is 10.2. The van der Waals surface area contributed by atoms with Crippen LogP contribution >= 0.6 is 0 Å². The third-order valence-corrected chi connectivity index (χ3v) is 4.69. The first-order chi connectivity index (χ1) is 15.2. The molecule has 3 aromatic rings. The van der Waals surface area contributed by atoms with Crippen molar-refractivity contribution in [1.82, 2.24) is 0 Å². The van der Waals surface area contributed by atoms with Gasteiger partial charge in [0.05, 0.1) is 33.1 Å². The molecule has 0 aliphatic heterocycles. The predicted molar refractivity (Wildman–Crippen MR) is 123 cm³/mol. The van der Waals surface area contributed by atoms with Gasteiger partial charge in [0.15, 0.2) is 0 Å². The molecule has 3 rings (SSSR count). The summed E-state index contributed by atoms with van der Waals surface area (Å²) in [6.45, 7) is 0.704. The van der Waals surface area contributed by atoms with Crippen molar-refractivity contribution >= 4 is 17.3 Å². The summed E-state index contributed by atoms with van der Waals surface area (Å²) >= 11 is 0. The van der Waals surface area contributed by atoms with Crippen LogP contribution < -0.4 is 24.8 Å². The van der Waals surface area contributed by atoms with E-state index in [9.17, 15) is 4.79 Å². The van der Waals surface area contributed by atoms with Gasteiger partial charge in [-0.3, -0.25) is 4.79 Å². The second-order valence-electron chi connectivity index (χ2n) is 6.93. The van der Waals surface area contributed by atoms with Crippen molar-refractivity contribution in [1.29, 1.82) is 0 Å². The highest BCUT2D eigenvalue weighted by Gasteiger charge is 2.08. The minimum Gasteiger partial charge on any atom is -0.497 e. The minimum absolute atomic E-state index is 0.0890. The van der Waals surface area contributed by atoms with Gasteiger partial charge in [-0.2, -0.15) is 0 Å². The van der Waals surface area contributed by atoms with E-state index in [0.29, 0.717) is 29.5 Å². The second kappa shape index (κ2) is 11.5. The number of carbonyl (C=O) groups is 1. The first kappa shape index (κ1) is 22.0. The summed E-state index contributed by atoms with van der Waals surface area (Å²) in [6, 6.07) is 23.1. The zero-order valence-electron chi connectivity index (χ0n) is 17.9. The number of carbonyl (C=O) groups excluding carboxylic acids is 1. The van der Waals surface area contributed by atoms with Gasteiger partial charge in [-0.15, -0.1) is 0 Å². The van der Waals surface area contributed by atoms with Crippen molar-refractivity contribution in [2.75, 3.05) is 38.0 Å². The molecule has 6 nitrogen and oxygen atoms in total. The van der Waals surface area contributed by atoms with Gasteiger partial charge in [0.2, 0.25) is 5.91 Å². The topological polar surface area (TPSA) is 68.8 Å². The molecule has 0 heterocycles. The van der Waals surface area contributed by atoms with Gasteiger partial charge < -0.3 is 24.8 Å². The Balaban J connectivity index is 1.47. The molecular weight excluding hydrogens is 392 g/mol. The SMILES string of the molecule is COc1ccc(OC)c(NCC(=O)Nc2cccc(OCCCc3ccccc3)c2)c1. The summed E-state index contributed by atoms with van der Waals surface area (Å²) in [6.07, 6.45) is 1.89. The van der Waals surface area contributed by atoms with Crippen LogP contribution in [0.3, 0.4) is 0 Å². The second-order valence-corrected chi connectivity index (χ2v) is 6.93. The number of nitrogens with one attached hydrogen (secondary N) is 2. The maximum atomic E-state index is 12.4. The first-order valence-corrected chi connectivity index (χ1v) is 10.2. The molecule has 0 radical (unpaired) electrons. The molecule has 3 aromatic carbocycles. The molecule has 162 valence electrons. The van der Waals surface area contributed by atoms with Crippen molar-refractivity contribution in [3.05, 3.63) is 78.4 Å². The number of hydrogen-bond donors (Lipinski definition) is 2. The van der Waals surface area contributed by atoms with Crippen LogP contribution in [-0.2, 0) is 11.2 Å². The van der Waals surface area contributed by atoms with Crippen LogP contribution in [0.5, 0.6) is 17.2 Å². The van der Waals surface area contributed by atoms with Crippen molar-refractivity contribution in [2.45, 2.75) is 12.8 Å². The van der Waals surface area contributed by atoms with E-state index in [0.717, 1.165) is 18.6 Å². The molecule has 0 fully saturated rings. The number of hydrogen-bond acceptors (Lipinski definition) is 5. The van der Waals surface area contributed by atoms with Gasteiger partial charge in [-0.1, -0.05) is 36.4 Å². The van der Waals surface area contributed by atoms with Crippen LogP contribution in [0.4, 0.5) is 11.4 Å². The van der Waals surface area contributed by atoms with E-state index < -0.39 is 0 Å². The highest BCUT2D eigenvalue weighted by atomic mass is 16.5. The third-order valence-electron chi connectivity index (χ3n) is 4.69. The molecule has 6 heteroatoms. The van der Waals surface area contributed by atoms with Crippen LogP contribution in [0.2, 0.25) is 0 Å². The van der Waals surface area contributed by atoms with Gasteiger partial charge in [-0.05, 0) is 42.7 Å². The summed E-state index contributed by atoms with van der Waals surface area (Å²) in [5.41, 5.74) is 2.67. The number of methoxy groups -OCH3 is 2. The lowest BCUT2D eigenvalue weighted by molar-refractivity contribution is -0.114. The molecule has 0 aromatic heterocycles. The third kappa shape index (κ3) is 6.96. The van der Waals surface area contributed by atoms with Crippen molar-refractivity contribution in [3.8, 4) is 17.2 Å². The fraction of sp³-hybridized carbons (Fsp3) is 0.240. The van der Waals surface area contributed by atoms with Crippen LogP contribution in [0.15, 0.2) is 72.8 Å². The van der Waals surface area contributed by atoms with Gasteiger partial charge in [-0.25, -0.2) is 0 Å². The monoisotopic (exact) mass is 420 g/mol. The lowest BCUT2D eigenvalue weighted by Gasteiger charge is -2.13. The highest BCUT2D eigenvalue weighted by Crippen LogP contribution is 2.28. The van der Waals surface area contributed by atoms with E-state index >= 15 is 0 Å². The Bertz CT molecular complexity index is 976. The molecule has 0 spiro atoms. The summed E-state index contributed by atoms with van der Waals surface area (Å²) in [7, 11) is 3.17. The van der Waals surface area contributed by atoms with Crippen LogP contribution in [0.1, 0.15) is 12.0 Å². The maximum absolute atomic E-state index is 12.4. The molecule has 2 N–H and O–H groups in total. The molecule has 0 saturated carbocycles. The molecule has 0 aliphatic carbocycles. The van der Waals surface area contributed by atoms with Crippen molar-refractivity contribution < 1.29 is 19.0 Å².